The van der Waals surface area contributed by atoms with Crippen LogP contribution in [0.5, 0.6) is 0 Å². The van der Waals surface area contributed by atoms with E-state index in [-0.39, 0.29) is 0 Å². The van der Waals surface area contributed by atoms with Gasteiger partial charge in [0.2, 0.25) is 5.83 Å². The van der Waals surface area contributed by atoms with Crippen LogP contribution < -0.4 is 0 Å². The van der Waals surface area contributed by atoms with Crippen molar-refractivity contribution in [2.45, 2.75) is 20.0 Å². The number of hydrogen-bond acceptors (Lipinski definition) is 2. The van der Waals surface area contributed by atoms with Crippen LogP contribution in [-0.4, -0.2) is 12.1 Å². The van der Waals surface area contributed by atoms with E-state index in [2.05, 4.69) is 4.74 Å². The molecule has 0 amide bonds. The summed E-state index contributed by atoms with van der Waals surface area (Å²) >= 11 is 0. The highest BCUT2D eigenvalue weighted by Gasteiger charge is 2.15. The Morgan fingerprint density at radius 3 is 2.18 bits per heavy atom. The number of ether oxygens (including phenoxy) is 1. The van der Waals surface area contributed by atoms with E-state index in [0.29, 0.717) is 0 Å². The van der Waals surface area contributed by atoms with E-state index >= 15 is 0 Å². The molecule has 0 N–H and O–H groups in total. The molecule has 0 spiro atoms. The smallest absolute Gasteiger partial charge is 0.315 e. The van der Waals surface area contributed by atoms with E-state index in [1.165, 1.54) is 0 Å². The van der Waals surface area contributed by atoms with Crippen LogP contribution >= 0.6 is 0 Å². The molecule has 0 aromatic rings. The van der Waals surface area contributed by atoms with Crippen LogP contribution in [0.3, 0.4) is 0 Å². The topological polar surface area (TPSA) is 26.3 Å². The molecule has 0 radical (unpaired) electrons. The molecule has 0 aliphatic rings. The summed E-state index contributed by atoms with van der Waals surface area (Å²) in [5.41, 5.74) is 0. The minimum Gasteiger partial charge on any atom is -0.397 e. The maximum absolute atomic E-state index is 12.1. The molecule has 0 aromatic carbocycles. The van der Waals surface area contributed by atoms with Crippen LogP contribution in [0.1, 0.15) is 13.8 Å². The minimum absolute atomic E-state index is 0.790. The molecule has 0 saturated heterocycles. The first-order valence-corrected chi connectivity index (χ1v) is 2.82. The standard InChI is InChI=1S/C6H7F3O2/c1-3(7)5(8)6(9)11-4(2)10/h3H,1-2H3. The fraction of sp³-hybridized carbons (Fsp3) is 0.500. The van der Waals surface area contributed by atoms with Crippen molar-refractivity contribution in [1.29, 1.82) is 0 Å². The summed E-state index contributed by atoms with van der Waals surface area (Å²) in [4.78, 5) is 10.00. The number of carbonyl (C=O) groups excluding carboxylic acids is 1. The van der Waals surface area contributed by atoms with Gasteiger partial charge >= 0.3 is 12.0 Å². The third-order valence-electron chi connectivity index (χ3n) is 0.770. The van der Waals surface area contributed by atoms with Crippen molar-refractivity contribution >= 4 is 5.97 Å². The van der Waals surface area contributed by atoms with Gasteiger partial charge in [0.15, 0.2) is 6.17 Å². The van der Waals surface area contributed by atoms with Gasteiger partial charge in [-0.15, -0.1) is 0 Å². The first kappa shape index (κ1) is 10.0. The molecule has 0 saturated carbocycles. The molecule has 1 atom stereocenters. The largest absolute Gasteiger partial charge is 0.397 e. The van der Waals surface area contributed by atoms with Crippen molar-refractivity contribution in [3.05, 3.63) is 11.8 Å². The SMILES string of the molecule is CC(=O)OC(F)=C(F)C(C)F. The number of allylic oxidation sites excluding steroid dienone is 1. The van der Waals surface area contributed by atoms with E-state index in [1.807, 2.05) is 0 Å². The van der Waals surface area contributed by atoms with Crippen molar-refractivity contribution in [3.63, 3.8) is 0 Å². The molecule has 0 aromatic heterocycles. The van der Waals surface area contributed by atoms with Crippen LogP contribution in [0, 0.1) is 0 Å². The number of alkyl halides is 1. The van der Waals surface area contributed by atoms with E-state index in [0.717, 1.165) is 13.8 Å². The molecular weight excluding hydrogens is 161 g/mol. The summed E-state index contributed by atoms with van der Waals surface area (Å²) in [6.45, 7) is 1.67. The lowest BCUT2D eigenvalue weighted by molar-refractivity contribution is -0.139. The van der Waals surface area contributed by atoms with Crippen molar-refractivity contribution in [1.82, 2.24) is 0 Å². The Balaban J connectivity index is 4.28. The lowest BCUT2D eigenvalue weighted by Gasteiger charge is -1.99. The average molecular weight is 168 g/mol. The fourth-order valence-corrected chi connectivity index (χ4v) is 0.331. The second kappa shape index (κ2) is 4.00. The third kappa shape index (κ3) is 3.64. The summed E-state index contributed by atoms with van der Waals surface area (Å²) < 4.78 is 39.8. The summed E-state index contributed by atoms with van der Waals surface area (Å²) in [5.74, 6) is -2.74. The number of hydrogen-bond donors (Lipinski definition) is 0. The first-order chi connectivity index (χ1) is 4.95. The minimum atomic E-state index is -2.10. The van der Waals surface area contributed by atoms with Crippen molar-refractivity contribution < 1.29 is 22.7 Å². The molecule has 1 unspecified atom stereocenters. The van der Waals surface area contributed by atoms with Gasteiger partial charge in [-0.25, -0.2) is 8.78 Å². The van der Waals surface area contributed by atoms with Crippen molar-refractivity contribution in [2.24, 2.45) is 0 Å². The van der Waals surface area contributed by atoms with Gasteiger partial charge in [-0.2, -0.15) is 4.39 Å². The zero-order chi connectivity index (χ0) is 9.02. The Bertz CT molecular complexity index is 186. The highest BCUT2D eigenvalue weighted by atomic mass is 19.2. The molecule has 5 heteroatoms. The van der Waals surface area contributed by atoms with Gasteiger partial charge in [0.05, 0.1) is 0 Å². The van der Waals surface area contributed by atoms with Crippen LogP contribution in [0.15, 0.2) is 11.8 Å². The second-order valence-corrected chi connectivity index (χ2v) is 1.83. The Hall–Kier alpha value is -1.00. The Kier molecular flexibility index (Phi) is 3.64. The maximum Gasteiger partial charge on any atom is 0.315 e. The summed E-state index contributed by atoms with van der Waals surface area (Å²) in [5, 5.41) is 0. The number of halogens is 3. The zero-order valence-electron chi connectivity index (χ0n) is 6.03. The van der Waals surface area contributed by atoms with Gasteiger partial charge in [0, 0.05) is 6.92 Å². The highest BCUT2D eigenvalue weighted by molar-refractivity contribution is 5.67. The monoisotopic (exact) mass is 168 g/mol. The number of esters is 1. The normalized spacial score (nSPS) is 15.4. The maximum atomic E-state index is 12.1. The van der Waals surface area contributed by atoms with Crippen molar-refractivity contribution in [2.75, 3.05) is 0 Å². The lowest BCUT2D eigenvalue weighted by Crippen LogP contribution is -2.02. The van der Waals surface area contributed by atoms with Gasteiger partial charge in [0.25, 0.3) is 0 Å². The molecule has 2 nitrogen and oxygen atoms in total. The molecule has 0 bridgehead atoms. The van der Waals surface area contributed by atoms with Gasteiger partial charge in [-0.1, -0.05) is 0 Å². The zero-order valence-corrected chi connectivity index (χ0v) is 6.03. The van der Waals surface area contributed by atoms with Gasteiger partial charge < -0.3 is 4.74 Å². The number of rotatable bonds is 2. The molecule has 0 aliphatic heterocycles. The lowest BCUT2D eigenvalue weighted by atomic mass is 10.4. The molecule has 0 rings (SSSR count). The Morgan fingerprint density at radius 1 is 1.45 bits per heavy atom. The molecule has 64 valence electrons. The summed E-state index contributed by atoms with van der Waals surface area (Å²) in [6.07, 6.45) is -2.10. The van der Waals surface area contributed by atoms with Crippen molar-refractivity contribution in [3.8, 4) is 0 Å². The fourth-order valence-electron chi connectivity index (χ4n) is 0.331. The summed E-state index contributed by atoms with van der Waals surface area (Å²) in [6, 6.07) is -1.81. The Labute approximate surface area is 61.6 Å². The van der Waals surface area contributed by atoms with Gasteiger partial charge in [-0.3, -0.25) is 4.79 Å². The third-order valence-corrected chi connectivity index (χ3v) is 0.770. The Morgan fingerprint density at radius 2 is 1.91 bits per heavy atom. The first-order valence-electron chi connectivity index (χ1n) is 2.82. The highest BCUT2D eigenvalue weighted by Crippen LogP contribution is 2.15. The molecule has 0 fully saturated rings. The van der Waals surface area contributed by atoms with Crippen LogP contribution in [0.25, 0.3) is 0 Å². The second-order valence-electron chi connectivity index (χ2n) is 1.83. The van der Waals surface area contributed by atoms with E-state index in [1.54, 1.807) is 0 Å². The molecular formula is C6H7F3O2. The van der Waals surface area contributed by atoms with E-state index in [4.69, 9.17) is 0 Å². The van der Waals surface area contributed by atoms with Crippen LogP contribution in [0.2, 0.25) is 0 Å². The summed E-state index contributed by atoms with van der Waals surface area (Å²) in [7, 11) is 0. The molecule has 0 heterocycles. The van der Waals surface area contributed by atoms with Gasteiger partial charge in [0.1, 0.15) is 0 Å². The van der Waals surface area contributed by atoms with Gasteiger partial charge in [-0.05, 0) is 6.92 Å². The quantitative estimate of drug-likeness (QED) is 0.465. The molecule has 11 heavy (non-hydrogen) atoms. The number of carbonyl (C=O) groups is 1. The van der Waals surface area contributed by atoms with E-state index in [9.17, 15) is 18.0 Å². The molecule has 0 aliphatic carbocycles. The average Bonchev–Trinajstić information content (AvgIpc) is 1.84. The predicted octanol–water partition coefficient (Wildman–Crippen LogP) is 2.02. The van der Waals surface area contributed by atoms with Crippen LogP contribution in [0.4, 0.5) is 13.2 Å². The van der Waals surface area contributed by atoms with Crippen LogP contribution in [-0.2, 0) is 9.53 Å². The van der Waals surface area contributed by atoms with E-state index < -0.39 is 24.0 Å². The predicted molar refractivity (Wildman–Crippen MR) is 31.6 cm³/mol.